The highest BCUT2D eigenvalue weighted by atomic mass is 32.2. The number of ether oxygens (including phenoxy) is 1. The highest BCUT2D eigenvalue weighted by Crippen LogP contribution is 2.26. The Morgan fingerprint density at radius 3 is 2.12 bits per heavy atom. The number of aromatic nitrogens is 2. The van der Waals surface area contributed by atoms with E-state index in [4.69, 9.17) is 29.2 Å². The first-order chi connectivity index (χ1) is 16.2. The third kappa shape index (κ3) is 6.50. The third-order valence-electron chi connectivity index (χ3n) is 5.10. The van der Waals surface area contributed by atoms with Crippen molar-refractivity contribution in [2.45, 2.75) is 0 Å². The maximum Gasteiger partial charge on any atom is 0.167 e. The van der Waals surface area contributed by atoms with Crippen LogP contribution in [0.5, 0.6) is 5.75 Å². The summed E-state index contributed by atoms with van der Waals surface area (Å²) in [6, 6.07) is 13.5. The SMILES string of the molecule is COc1ccc(-n2cnc3cc(C(=O)C(CSC(=S)N(C)C)CSC(=S)N(C)C)ccc32)cc1. The Morgan fingerprint density at radius 2 is 1.59 bits per heavy atom. The van der Waals surface area contributed by atoms with Gasteiger partial charge in [-0.05, 0) is 42.5 Å². The van der Waals surface area contributed by atoms with Crippen LogP contribution in [0.2, 0.25) is 0 Å². The van der Waals surface area contributed by atoms with Crippen LogP contribution in [0.4, 0.5) is 0 Å². The van der Waals surface area contributed by atoms with Crippen LogP contribution in [-0.2, 0) is 0 Å². The number of carbonyl (C=O) groups is 1. The van der Waals surface area contributed by atoms with Crippen molar-refractivity contribution < 1.29 is 9.53 Å². The van der Waals surface area contributed by atoms with Crippen LogP contribution in [-0.4, -0.2) is 80.6 Å². The first-order valence-corrected chi connectivity index (χ1v) is 13.3. The van der Waals surface area contributed by atoms with Gasteiger partial charge in [-0.25, -0.2) is 4.98 Å². The van der Waals surface area contributed by atoms with Crippen molar-refractivity contribution in [2.24, 2.45) is 5.92 Å². The molecule has 0 radical (unpaired) electrons. The van der Waals surface area contributed by atoms with E-state index in [1.54, 1.807) is 13.4 Å². The number of thioether (sulfide) groups is 2. The lowest BCUT2D eigenvalue weighted by atomic mass is 10.0. The summed E-state index contributed by atoms with van der Waals surface area (Å²) >= 11 is 13.9. The summed E-state index contributed by atoms with van der Waals surface area (Å²) in [5.41, 5.74) is 3.32. The number of thiocarbonyl (C=S) groups is 2. The molecule has 0 atom stereocenters. The Morgan fingerprint density at radius 1 is 1.00 bits per heavy atom. The lowest BCUT2D eigenvalue weighted by Crippen LogP contribution is -2.25. The normalized spacial score (nSPS) is 11.0. The molecule has 0 aliphatic heterocycles. The largest absolute Gasteiger partial charge is 0.497 e. The fraction of sp³-hybridized carbons (Fsp3) is 0.333. The molecule has 0 unspecified atom stereocenters. The number of imidazole rings is 1. The second-order valence-corrected chi connectivity index (χ2v) is 11.3. The van der Waals surface area contributed by atoms with Crippen LogP contribution < -0.4 is 4.74 Å². The highest BCUT2D eigenvalue weighted by molar-refractivity contribution is 8.23. The average molecular weight is 533 g/mol. The Bertz CT molecular complexity index is 1150. The fourth-order valence-corrected chi connectivity index (χ4v) is 5.45. The minimum absolute atomic E-state index is 0.0732. The van der Waals surface area contributed by atoms with Gasteiger partial charge in [-0.2, -0.15) is 0 Å². The van der Waals surface area contributed by atoms with E-state index in [1.807, 2.05) is 85.0 Å². The van der Waals surface area contributed by atoms with Gasteiger partial charge in [0.25, 0.3) is 0 Å². The molecule has 0 fully saturated rings. The molecule has 3 rings (SSSR count). The van der Waals surface area contributed by atoms with Gasteiger partial charge in [-0.3, -0.25) is 9.36 Å². The van der Waals surface area contributed by atoms with E-state index in [1.165, 1.54) is 23.5 Å². The van der Waals surface area contributed by atoms with E-state index in [9.17, 15) is 4.79 Å². The average Bonchev–Trinajstić information content (AvgIpc) is 3.26. The topological polar surface area (TPSA) is 50.6 Å². The van der Waals surface area contributed by atoms with Crippen LogP contribution in [0.25, 0.3) is 16.7 Å². The van der Waals surface area contributed by atoms with E-state index in [-0.39, 0.29) is 11.7 Å². The lowest BCUT2D eigenvalue weighted by Gasteiger charge is -2.20. The molecule has 10 heteroatoms. The molecule has 0 bridgehead atoms. The van der Waals surface area contributed by atoms with Crippen molar-refractivity contribution in [1.29, 1.82) is 0 Å². The van der Waals surface area contributed by atoms with Crippen molar-refractivity contribution in [3.63, 3.8) is 0 Å². The molecule has 0 saturated heterocycles. The zero-order valence-corrected chi connectivity index (χ0v) is 23.1. The van der Waals surface area contributed by atoms with E-state index in [2.05, 4.69) is 4.98 Å². The van der Waals surface area contributed by atoms with Gasteiger partial charge >= 0.3 is 0 Å². The number of rotatable bonds is 8. The van der Waals surface area contributed by atoms with Crippen molar-refractivity contribution in [2.75, 3.05) is 46.8 Å². The summed E-state index contributed by atoms with van der Waals surface area (Å²) in [5, 5.41) is 0. The van der Waals surface area contributed by atoms with Gasteiger partial charge in [0.15, 0.2) is 5.78 Å². The van der Waals surface area contributed by atoms with Gasteiger partial charge in [0, 0.05) is 56.9 Å². The summed E-state index contributed by atoms with van der Waals surface area (Å²) in [7, 11) is 9.29. The zero-order valence-electron chi connectivity index (χ0n) is 19.8. The Hall–Kier alpha value is -2.14. The molecule has 1 aromatic heterocycles. The van der Waals surface area contributed by atoms with E-state index in [0.29, 0.717) is 17.1 Å². The molecule has 0 saturated carbocycles. The van der Waals surface area contributed by atoms with Crippen molar-refractivity contribution in [3.05, 3.63) is 54.4 Å². The maximum atomic E-state index is 13.5. The van der Waals surface area contributed by atoms with Crippen molar-refractivity contribution >= 4 is 73.4 Å². The number of Topliss-reactive ketones (excluding diaryl/α,β-unsaturated/α-hetero) is 1. The number of methoxy groups -OCH3 is 1. The molecule has 0 aliphatic rings. The minimum Gasteiger partial charge on any atom is -0.497 e. The standard InChI is InChI=1S/C24H28N4O2S4/c1-26(2)23(31)33-13-17(14-34-24(32)27(3)4)22(29)16-6-11-21-20(12-16)25-15-28(21)18-7-9-19(30-5)10-8-18/h6-12,15,17H,13-14H2,1-5H3. The predicted octanol–water partition coefficient (Wildman–Crippen LogP) is 4.99. The molecule has 3 aromatic rings. The Balaban J connectivity index is 1.83. The van der Waals surface area contributed by atoms with Gasteiger partial charge < -0.3 is 14.5 Å². The Labute approximate surface area is 220 Å². The molecule has 0 N–H and O–H groups in total. The molecule has 0 amide bonds. The number of hydrogen-bond donors (Lipinski definition) is 0. The third-order valence-corrected chi connectivity index (χ3v) is 8.90. The molecule has 6 nitrogen and oxygen atoms in total. The lowest BCUT2D eigenvalue weighted by molar-refractivity contribution is 0.0944. The Kier molecular flexibility index (Phi) is 9.35. The zero-order chi connectivity index (χ0) is 24.8. The quantitative estimate of drug-likeness (QED) is 0.295. The van der Waals surface area contributed by atoms with Crippen LogP contribution in [0.15, 0.2) is 48.8 Å². The molecule has 0 aliphatic carbocycles. The molecule has 1 heterocycles. The molecule has 0 spiro atoms. The van der Waals surface area contributed by atoms with Gasteiger partial charge in [0.05, 0.1) is 18.1 Å². The summed E-state index contributed by atoms with van der Waals surface area (Å²) in [5.74, 6) is 1.83. The van der Waals surface area contributed by atoms with Crippen molar-refractivity contribution in [3.8, 4) is 11.4 Å². The second kappa shape index (κ2) is 12.0. The maximum absolute atomic E-state index is 13.5. The number of carbonyl (C=O) groups excluding carboxylic acids is 1. The van der Waals surface area contributed by atoms with Gasteiger partial charge in [0.1, 0.15) is 20.7 Å². The second-order valence-electron chi connectivity index (χ2n) is 8.02. The molecule has 2 aromatic carbocycles. The molecular formula is C24H28N4O2S4. The smallest absolute Gasteiger partial charge is 0.167 e. The van der Waals surface area contributed by atoms with Crippen LogP contribution >= 0.6 is 48.0 Å². The predicted molar refractivity (Wildman–Crippen MR) is 153 cm³/mol. The number of fused-ring (bicyclic) bond motifs is 1. The summed E-state index contributed by atoms with van der Waals surface area (Å²) < 4.78 is 8.76. The van der Waals surface area contributed by atoms with E-state index >= 15 is 0 Å². The molecule has 34 heavy (non-hydrogen) atoms. The molecular weight excluding hydrogens is 505 g/mol. The monoisotopic (exact) mass is 532 g/mol. The van der Waals surface area contributed by atoms with E-state index < -0.39 is 0 Å². The number of benzene rings is 2. The van der Waals surface area contributed by atoms with E-state index in [0.717, 1.165) is 31.1 Å². The van der Waals surface area contributed by atoms with Crippen LogP contribution in [0.1, 0.15) is 10.4 Å². The van der Waals surface area contributed by atoms with Crippen molar-refractivity contribution in [1.82, 2.24) is 19.4 Å². The first kappa shape index (κ1) is 26.5. The summed E-state index contributed by atoms with van der Waals surface area (Å²) in [4.78, 5) is 21.8. The number of ketones is 1. The van der Waals surface area contributed by atoms with Gasteiger partial charge in [-0.15, -0.1) is 0 Å². The summed E-state index contributed by atoms with van der Waals surface area (Å²) in [6.07, 6.45) is 1.77. The summed E-state index contributed by atoms with van der Waals surface area (Å²) in [6.45, 7) is 0. The number of hydrogen-bond acceptors (Lipinski definition) is 7. The van der Waals surface area contributed by atoms with Crippen LogP contribution in [0.3, 0.4) is 0 Å². The highest BCUT2D eigenvalue weighted by Gasteiger charge is 2.23. The van der Waals surface area contributed by atoms with Gasteiger partial charge in [-0.1, -0.05) is 48.0 Å². The minimum atomic E-state index is -0.230. The number of nitrogens with zero attached hydrogens (tertiary/aromatic N) is 4. The first-order valence-electron chi connectivity index (χ1n) is 10.5. The van der Waals surface area contributed by atoms with Crippen LogP contribution in [0, 0.1) is 5.92 Å². The van der Waals surface area contributed by atoms with Gasteiger partial charge in [0.2, 0.25) is 0 Å². The fourth-order valence-electron chi connectivity index (χ4n) is 3.15. The molecule has 180 valence electrons.